The maximum atomic E-state index is 9.73. The molecule has 4 N–H and O–H groups in total. The van der Waals surface area contributed by atoms with E-state index in [9.17, 15) is 5.11 Å². The van der Waals surface area contributed by atoms with Gasteiger partial charge in [-0.3, -0.25) is 0 Å². The Hall–Kier alpha value is -2.16. The molecule has 2 aromatic rings. The van der Waals surface area contributed by atoms with Gasteiger partial charge >= 0.3 is 0 Å². The second-order valence-corrected chi connectivity index (χ2v) is 5.65. The lowest BCUT2D eigenvalue weighted by molar-refractivity contribution is 0.470. The van der Waals surface area contributed by atoms with Crippen LogP contribution in [0.15, 0.2) is 30.3 Å². The second kappa shape index (κ2) is 4.75. The van der Waals surface area contributed by atoms with Gasteiger partial charge in [-0.05, 0) is 73.2 Å². The summed E-state index contributed by atoms with van der Waals surface area (Å²) in [4.78, 5) is 0. The van der Waals surface area contributed by atoms with Gasteiger partial charge in [-0.15, -0.1) is 0 Å². The number of nitrogens with two attached hydrogens (primary N) is 1. The third-order valence-electron chi connectivity index (χ3n) is 4.12. The highest BCUT2D eigenvalue weighted by Crippen LogP contribution is 2.36. The minimum absolute atomic E-state index is 0.327. The molecule has 1 aliphatic carbocycles. The Bertz CT molecular complexity index is 664. The molecule has 0 aromatic heterocycles. The number of aryl methyl sites for hydroxylation is 3. The van der Waals surface area contributed by atoms with Crippen molar-refractivity contribution in [2.75, 3.05) is 11.1 Å². The zero-order valence-electron chi connectivity index (χ0n) is 11.9. The Morgan fingerprint density at radius 1 is 1.15 bits per heavy atom. The summed E-state index contributed by atoms with van der Waals surface area (Å²) >= 11 is 0. The first-order chi connectivity index (χ1) is 9.54. The van der Waals surface area contributed by atoms with Crippen molar-refractivity contribution in [1.82, 2.24) is 0 Å². The lowest BCUT2D eigenvalue weighted by Gasteiger charge is -2.18. The predicted molar refractivity (Wildman–Crippen MR) is 83.1 cm³/mol. The Kier molecular flexibility index (Phi) is 3.05. The normalized spacial score (nSPS) is 17.0. The van der Waals surface area contributed by atoms with Crippen molar-refractivity contribution in [1.29, 1.82) is 0 Å². The molecule has 0 radical (unpaired) electrons. The largest absolute Gasteiger partial charge is 0.508 e. The maximum absolute atomic E-state index is 9.73. The van der Waals surface area contributed by atoms with Crippen LogP contribution in [0.3, 0.4) is 0 Å². The van der Waals surface area contributed by atoms with E-state index >= 15 is 0 Å². The lowest BCUT2D eigenvalue weighted by Crippen LogP contribution is -2.08. The van der Waals surface area contributed by atoms with Gasteiger partial charge in [0.1, 0.15) is 5.75 Å². The van der Waals surface area contributed by atoms with Crippen LogP contribution >= 0.6 is 0 Å². The molecule has 0 aliphatic heterocycles. The molecule has 0 heterocycles. The molecule has 1 aliphatic rings. The summed E-state index contributed by atoms with van der Waals surface area (Å²) < 4.78 is 0. The average molecular weight is 268 g/mol. The van der Waals surface area contributed by atoms with Crippen molar-refractivity contribution in [2.24, 2.45) is 0 Å². The number of phenols is 1. The van der Waals surface area contributed by atoms with Crippen LogP contribution in [0.5, 0.6) is 5.75 Å². The highest BCUT2D eigenvalue weighted by molar-refractivity contribution is 5.59. The number of anilines is 2. The van der Waals surface area contributed by atoms with E-state index < -0.39 is 0 Å². The van der Waals surface area contributed by atoms with Gasteiger partial charge < -0.3 is 16.2 Å². The van der Waals surface area contributed by atoms with E-state index in [1.807, 2.05) is 32.0 Å². The quantitative estimate of drug-likeness (QED) is 0.575. The molecule has 0 bridgehead atoms. The Balaban J connectivity index is 1.89. The number of nitrogens with one attached hydrogen (secondary N) is 1. The van der Waals surface area contributed by atoms with Crippen LogP contribution in [0.25, 0.3) is 0 Å². The zero-order chi connectivity index (χ0) is 14.3. The van der Waals surface area contributed by atoms with Crippen molar-refractivity contribution >= 4 is 11.4 Å². The van der Waals surface area contributed by atoms with Gasteiger partial charge in [-0.1, -0.05) is 6.07 Å². The Morgan fingerprint density at radius 3 is 2.75 bits per heavy atom. The summed E-state index contributed by atoms with van der Waals surface area (Å²) in [6.45, 7) is 3.93. The molecule has 0 fully saturated rings. The summed E-state index contributed by atoms with van der Waals surface area (Å²) in [6, 6.07) is 10.3. The third kappa shape index (κ3) is 2.20. The number of rotatable bonds is 2. The summed E-state index contributed by atoms with van der Waals surface area (Å²) in [5.74, 6) is 0.354. The monoisotopic (exact) mass is 268 g/mol. The fourth-order valence-electron chi connectivity index (χ4n) is 2.93. The van der Waals surface area contributed by atoms with Crippen LogP contribution in [0.2, 0.25) is 0 Å². The van der Waals surface area contributed by atoms with Crippen molar-refractivity contribution in [2.45, 2.75) is 32.7 Å². The molecule has 20 heavy (non-hydrogen) atoms. The van der Waals surface area contributed by atoms with E-state index in [2.05, 4.69) is 17.4 Å². The molecule has 0 amide bonds. The Morgan fingerprint density at radius 2 is 1.95 bits per heavy atom. The van der Waals surface area contributed by atoms with E-state index in [0.29, 0.717) is 11.8 Å². The molecule has 0 spiro atoms. The SMILES string of the molecule is Cc1cc(NC2CCc3cc(N)ccc32)c(C)cc1O. The average Bonchev–Trinajstić information content (AvgIpc) is 2.78. The first-order valence-electron chi connectivity index (χ1n) is 6.99. The van der Waals surface area contributed by atoms with E-state index in [4.69, 9.17) is 5.73 Å². The molecule has 3 rings (SSSR count). The molecule has 3 heteroatoms. The maximum Gasteiger partial charge on any atom is 0.118 e. The van der Waals surface area contributed by atoms with E-state index in [1.165, 1.54) is 11.1 Å². The smallest absolute Gasteiger partial charge is 0.118 e. The Labute approximate surface area is 119 Å². The van der Waals surface area contributed by atoms with Crippen LogP contribution < -0.4 is 11.1 Å². The number of benzene rings is 2. The van der Waals surface area contributed by atoms with Gasteiger partial charge in [0, 0.05) is 11.4 Å². The molecular weight excluding hydrogens is 248 g/mol. The van der Waals surface area contributed by atoms with Crippen LogP contribution in [-0.2, 0) is 6.42 Å². The van der Waals surface area contributed by atoms with Gasteiger partial charge in [0.05, 0.1) is 6.04 Å². The topological polar surface area (TPSA) is 58.3 Å². The lowest BCUT2D eigenvalue weighted by atomic mass is 10.1. The first-order valence-corrected chi connectivity index (χ1v) is 6.99. The number of aromatic hydroxyl groups is 1. The first kappa shape index (κ1) is 12.9. The van der Waals surface area contributed by atoms with Gasteiger partial charge in [-0.2, -0.15) is 0 Å². The summed E-state index contributed by atoms with van der Waals surface area (Å²) in [5, 5.41) is 13.3. The molecule has 104 valence electrons. The van der Waals surface area contributed by atoms with Gasteiger partial charge in [0.2, 0.25) is 0 Å². The zero-order valence-corrected chi connectivity index (χ0v) is 11.9. The van der Waals surface area contributed by atoms with Gasteiger partial charge in [0.25, 0.3) is 0 Å². The van der Waals surface area contributed by atoms with Crippen molar-refractivity contribution in [3.05, 3.63) is 52.6 Å². The van der Waals surface area contributed by atoms with Crippen molar-refractivity contribution in [3.63, 3.8) is 0 Å². The molecule has 3 nitrogen and oxygen atoms in total. The highest BCUT2D eigenvalue weighted by atomic mass is 16.3. The standard InChI is InChI=1S/C17H20N2O/c1-10-8-17(20)11(2)7-16(10)19-15-6-3-12-9-13(18)4-5-14(12)15/h4-5,7-9,15,19-20H,3,6,18H2,1-2H3. The second-order valence-electron chi connectivity index (χ2n) is 5.65. The summed E-state index contributed by atoms with van der Waals surface area (Å²) in [6.07, 6.45) is 2.15. The van der Waals surface area contributed by atoms with E-state index in [1.54, 1.807) is 0 Å². The van der Waals surface area contributed by atoms with Gasteiger partial charge in [-0.25, -0.2) is 0 Å². The van der Waals surface area contributed by atoms with Gasteiger partial charge in [0.15, 0.2) is 0 Å². The third-order valence-corrected chi connectivity index (χ3v) is 4.12. The molecule has 2 aromatic carbocycles. The predicted octanol–water partition coefficient (Wildman–Crippen LogP) is 3.69. The van der Waals surface area contributed by atoms with Crippen LogP contribution in [-0.4, -0.2) is 5.11 Å². The van der Waals surface area contributed by atoms with Crippen molar-refractivity contribution < 1.29 is 5.11 Å². The molecule has 1 unspecified atom stereocenters. The van der Waals surface area contributed by atoms with Crippen LogP contribution in [0.4, 0.5) is 11.4 Å². The number of fused-ring (bicyclic) bond motifs is 1. The molecule has 1 atom stereocenters. The fourth-order valence-corrected chi connectivity index (χ4v) is 2.93. The van der Waals surface area contributed by atoms with Crippen LogP contribution in [0.1, 0.15) is 34.7 Å². The molecular formula is C17H20N2O. The summed E-state index contributed by atoms with van der Waals surface area (Å²) in [7, 11) is 0. The summed E-state index contributed by atoms with van der Waals surface area (Å²) in [5.41, 5.74) is 12.4. The minimum Gasteiger partial charge on any atom is -0.508 e. The highest BCUT2D eigenvalue weighted by Gasteiger charge is 2.22. The number of phenolic OH excluding ortho intramolecular Hbond substituents is 1. The number of hydrogen-bond acceptors (Lipinski definition) is 3. The number of hydrogen-bond donors (Lipinski definition) is 3. The molecule has 0 saturated heterocycles. The van der Waals surface area contributed by atoms with E-state index in [-0.39, 0.29) is 0 Å². The fraction of sp³-hybridized carbons (Fsp3) is 0.294. The van der Waals surface area contributed by atoms with Crippen LogP contribution in [0, 0.1) is 13.8 Å². The van der Waals surface area contributed by atoms with Crippen molar-refractivity contribution in [3.8, 4) is 5.75 Å². The van der Waals surface area contributed by atoms with E-state index in [0.717, 1.165) is 35.3 Å². The minimum atomic E-state index is 0.327. The number of nitrogen functional groups attached to an aromatic ring is 1. The molecule has 0 saturated carbocycles.